The second-order valence-electron chi connectivity index (χ2n) is 5.03. The molecule has 0 amide bonds. The lowest BCUT2D eigenvalue weighted by atomic mass is 9.85. The zero-order valence-electron chi connectivity index (χ0n) is 10.1. The molecule has 90 valence electrons. The molecule has 1 aliphatic carbocycles. The van der Waals surface area contributed by atoms with E-state index in [0.29, 0.717) is 5.92 Å². The van der Waals surface area contributed by atoms with Gasteiger partial charge in [0, 0.05) is 5.56 Å². The van der Waals surface area contributed by atoms with Crippen molar-refractivity contribution < 1.29 is 0 Å². The van der Waals surface area contributed by atoms with Gasteiger partial charge in [-0.3, -0.25) is 5.43 Å². The Morgan fingerprint density at radius 2 is 2.12 bits per heavy atom. The van der Waals surface area contributed by atoms with Crippen LogP contribution in [0.5, 0.6) is 0 Å². The Morgan fingerprint density at radius 1 is 1.29 bits per heavy atom. The van der Waals surface area contributed by atoms with Crippen molar-refractivity contribution in [3.8, 4) is 0 Å². The molecule has 0 radical (unpaired) electrons. The predicted molar refractivity (Wildman–Crippen MR) is 74.1 cm³/mol. The Morgan fingerprint density at radius 3 is 2.88 bits per heavy atom. The number of hydrogen-bond donors (Lipinski definition) is 1. The van der Waals surface area contributed by atoms with Crippen molar-refractivity contribution in [2.24, 2.45) is 11.0 Å². The predicted octanol–water partition coefficient (Wildman–Crippen LogP) is 3.59. The molecule has 2 nitrogen and oxygen atoms in total. The first-order valence-corrected chi connectivity index (χ1v) is 7.21. The summed E-state index contributed by atoms with van der Waals surface area (Å²) in [5.41, 5.74) is 4.66. The summed E-state index contributed by atoms with van der Waals surface area (Å²) in [5, 5.41) is 5.72. The largest absolute Gasteiger partial charge is 0.292 e. The van der Waals surface area contributed by atoms with Gasteiger partial charge in [-0.15, -0.1) is 0 Å². The molecule has 1 aromatic carbocycles. The molecule has 0 bridgehead atoms. The van der Waals surface area contributed by atoms with Gasteiger partial charge in [0.15, 0.2) is 0 Å². The van der Waals surface area contributed by atoms with E-state index in [4.69, 9.17) is 0 Å². The van der Waals surface area contributed by atoms with Gasteiger partial charge in [0.2, 0.25) is 0 Å². The lowest BCUT2D eigenvalue weighted by Crippen LogP contribution is -2.44. The first-order chi connectivity index (χ1) is 8.30. The fourth-order valence-corrected chi connectivity index (χ4v) is 4.05. The Bertz CT molecular complexity index is 429. The van der Waals surface area contributed by atoms with Crippen LogP contribution in [-0.4, -0.2) is 9.91 Å². The van der Waals surface area contributed by atoms with Crippen molar-refractivity contribution in [3.63, 3.8) is 0 Å². The van der Waals surface area contributed by atoms with Crippen LogP contribution in [0.3, 0.4) is 0 Å². The number of hydrazone groups is 1. The maximum Gasteiger partial charge on any atom is 0.126 e. The summed E-state index contributed by atoms with van der Waals surface area (Å²) in [6.07, 6.45) is 5.24. The summed E-state index contributed by atoms with van der Waals surface area (Å²) in [5.74, 6) is 0.700. The molecule has 1 saturated carbocycles. The van der Waals surface area contributed by atoms with Gasteiger partial charge in [0.1, 0.15) is 9.91 Å². The van der Waals surface area contributed by atoms with Gasteiger partial charge < -0.3 is 0 Å². The Balaban J connectivity index is 1.80. The maximum absolute atomic E-state index is 4.56. The molecule has 1 fully saturated rings. The highest BCUT2D eigenvalue weighted by molar-refractivity contribution is 8.15. The van der Waals surface area contributed by atoms with E-state index in [2.05, 4.69) is 47.8 Å². The van der Waals surface area contributed by atoms with Crippen molar-refractivity contribution in [1.29, 1.82) is 0 Å². The summed E-state index contributed by atoms with van der Waals surface area (Å²) in [4.78, 5) is 0.170. The van der Waals surface area contributed by atoms with Gasteiger partial charge in [0.25, 0.3) is 0 Å². The summed E-state index contributed by atoms with van der Waals surface area (Å²) >= 11 is 1.93. The van der Waals surface area contributed by atoms with Gasteiger partial charge in [-0.2, -0.15) is 5.10 Å². The van der Waals surface area contributed by atoms with Crippen molar-refractivity contribution in [2.45, 2.75) is 37.5 Å². The van der Waals surface area contributed by atoms with Crippen molar-refractivity contribution in [2.75, 3.05) is 0 Å². The van der Waals surface area contributed by atoms with E-state index in [-0.39, 0.29) is 4.87 Å². The molecule has 0 unspecified atom stereocenters. The highest BCUT2D eigenvalue weighted by Crippen LogP contribution is 2.46. The van der Waals surface area contributed by atoms with Crippen molar-refractivity contribution in [1.82, 2.24) is 5.43 Å². The number of rotatable bonds is 1. The van der Waals surface area contributed by atoms with Crippen LogP contribution in [0.1, 0.15) is 38.2 Å². The average Bonchev–Trinajstić information content (AvgIpc) is 2.80. The lowest BCUT2D eigenvalue weighted by molar-refractivity contribution is 0.257. The highest BCUT2D eigenvalue weighted by atomic mass is 32.2. The first kappa shape index (κ1) is 11.1. The van der Waals surface area contributed by atoms with E-state index < -0.39 is 0 Å². The van der Waals surface area contributed by atoms with Gasteiger partial charge in [-0.25, -0.2) is 0 Å². The second kappa shape index (κ2) is 4.37. The van der Waals surface area contributed by atoms with Gasteiger partial charge in [-0.1, -0.05) is 61.9 Å². The Hall–Kier alpha value is -0.960. The van der Waals surface area contributed by atoms with Gasteiger partial charge in [-0.05, 0) is 18.8 Å². The number of thioether (sulfide) groups is 1. The molecular formula is C14H18N2S. The van der Waals surface area contributed by atoms with E-state index in [0.717, 1.165) is 5.04 Å². The number of benzene rings is 1. The first-order valence-electron chi connectivity index (χ1n) is 6.39. The molecule has 17 heavy (non-hydrogen) atoms. The summed E-state index contributed by atoms with van der Waals surface area (Å²) < 4.78 is 0. The molecular weight excluding hydrogens is 228 g/mol. The molecule has 2 atom stereocenters. The fraction of sp³-hybridized carbons (Fsp3) is 0.500. The van der Waals surface area contributed by atoms with Gasteiger partial charge >= 0.3 is 0 Å². The zero-order valence-corrected chi connectivity index (χ0v) is 11.0. The third-order valence-corrected chi connectivity index (χ3v) is 5.46. The molecule has 2 aliphatic rings. The van der Waals surface area contributed by atoms with Gasteiger partial charge in [0.05, 0.1) is 0 Å². The van der Waals surface area contributed by atoms with E-state index >= 15 is 0 Å². The standard InChI is InChI=1S/C14H18N2S/c1-11-7-5-6-10-14(11)16-15-13(17-14)12-8-3-2-4-9-12/h2-4,8-9,11,16H,5-7,10H2,1H3/t11-,14-/m0/s1. The molecule has 1 aromatic rings. The monoisotopic (exact) mass is 246 g/mol. The third kappa shape index (κ3) is 1.97. The molecule has 1 aliphatic heterocycles. The minimum atomic E-state index is 0.170. The van der Waals surface area contributed by atoms with Crippen LogP contribution in [0, 0.1) is 5.92 Å². The molecule has 1 heterocycles. The highest BCUT2D eigenvalue weighted by Gasteiger charge is 2.43. The van der Waals surface area contributed by atoms with E-state index in [1.807, 2.05) is 11.8 Å². The van der Waals surface area contributed by atoms with E-state index in [1.165, 1.54) is 31.2 Å². The lowest BCUT2D eigenvalue weighted by Gasteiger charge is -2.38. The summed E-state index contributed by atoms with van der Waals surface area (Å²) in [7, 11) is 0. The second-order valence-corrected chi connectivity index (χ2v) is 6.35. The van der Waals surface area contributed by atoms with Crippen molar-refractivity contribution >= 4 is 16.8 Å². The molecule has 0 aromatic heterocycles. The molecule has 3 heteroatoms. The molecule has 1 N–H and O–H groups in total. The molecule has 3 rings (SSSR count). The SMILES string of the molecule is C[C@H]1CCCC[C@@]12NN=C(c1ccccc1)S2. The molecule has 0 saturated heterocycles. The van der Waals surface area contributed by atoms with Crippen LogP contribution in [0.4, 0.5) is 0 Å². The smallest absolute Gasteiger partial charge is 0.126 e. The quantitative estimate of drug-likeness (QED) is 0.819. The minimum Gasteiger partial charge on any atom is -0.292 e. The molecule has 1 spiro atoms. The average molecular weight is 246 g/mol. The van der Waals surface area contributed by atoms with Crippen LogP contribution in [0.15, 0.2) is 35.4 Å². The number of hydrogen-bond acceptors (Lipinski definition) is 3. The Kier molecular flexibility index (Phi) is 2.87. The van der Waals surface area contributed by atoms with Crippen LogP contribution in [0.2, 0.25) is 0 Å². The van der Waals surface area contributed by atoms with Crippen LogP contribution in [-0.2, 0) is 0 Å². The minimum absolute atomic E-state index is 0.170. The summed E-state index contributed by atoms with van der Waals surface area (Å²) in [6, 6.07) is 10.5. The van der Waals surface area contributed by atoms with Crippen LogP contribution < -0.4 is 5.43 Å². The third-order valence-electron chi connectivity index (χ3n) is 3.88. The topological polar surface area (TPSA) is 24.4 Å². The number of nitrogens with zero attached hydrogens (tertiary/aromatic N) is 1. The van der Waals surface area contributed by atoms with E-state index in [9.17, 15) is 0 Å². The van der Waals surface area contributed by atoms with E-state index in [1.54, 1.807) is 0 Å². The maximum atomic E-state index is 4.56. The van der Waals surface area contributed by atoms with Crippen molar-refractivity contribution in [3.05, 3.63) is 35.9 Å². The zero-order chi connectivity index (χ0) is 11.7. The van der Waals surface area contributed by atoms with Crippen LogP contribution >= 0.6 is 11.8 Å². The van der Waals surface area contributed by atoms with Crippen LogP contribution in [0.25, 0.3) is 0 Å². The summed E-state index contributed by atoms with van der Waals surface area (Å²) in [6.45, 7) is 2.35. The Labute approximate surface area is 107 Å². The normalized spacial score (nSPS) is 32.3. The fourth-order valence-electron chi connectivity index (χ4n) is 2.70. The number of nitrogens with one attached hydrogen (secondary N) is 1.